The molecule has 0 saturated carbocycles. The summed E-state index contributed by atoms with van der Waals surface area (Å²) in [6, 6.07) is 1.93. The average molecular weight is 809 g/mol. The van der Waals surface area contributed by atoms with Crippen LogP contribution >= 0.6 is 46.4 Å². The van der Waals surface area contributed by atoms with Gasteiger partial charge in [-0.15, -0.1) is 23.2 Å². The number of carbonyl (C=O) groups is 4. The molecule has 3 heterocycles. The number of esters is 2. The predicted molar refractivity (Wildman–Crippen MR) is 192 cm³/mol. The molecule has 8 atom stereocenters. The number of phenols is 4. The minimum absolute atomic E-state index is 0.0430. The van der Waals surface area contributed by atoms with E-state index in [1.807, 2.05) is 0 Å². The lowest BCUT2D eigenvalue weighted by atomic mass is 9.93. The number of phenolic OH excluding ortho intramolecular Hbond substituents is 4. The van der Waals surface area contributed by atoms with Gasteiger partial charge in [-0.2, -0.15) is 0 Å². The summed E-state index contributed by atoms with van der Waals surface area (Å²) in [6.45, 7) is 6.93. The third kappa shape index (κ3) is 10.4. The largest absolute Gasteiger partial charge is 0.507 e. The maximum Gasteiger partial charge on any atom is 0.342 e. The number of carbonyl (C=O) groups excluding carboxylic acids is 4. The number of hydrogen-bond acceptors (Lipinski definition) is 12. The van der Waals surface area contributed by atoms with E-state index in [0.717, 1.165) is 12.1 Å². The summed E-state index contributed by atoms with van der Waals surface area (Å²) >= 11 is 24.7. The molecule has 3 aliphatic rings. The van der Waals surface area contributed by atoms with Crippen LogP contribution in [0.2, 0.25) is 10.0 Å². The van der Waals surface area contributed by atoms with Crippen LogP contribution in [-0.4, -0.2) is 91.3 Å². The summed E-state index contributed by atoms with van der Waals surface area (Å²) in [7, 11) is 0. The van der Waals surface area contributed by atoms with Gasteiger partial charge in [-0.3, -0.25) is 9.59 Å². The van der Waals surface area contributed by atoms with E-state index in [4.69, 9.17) is 65.4 Å². The molecule has 52 heavy (non-hydrogen) atoms. The highest BCUT2D eigenvalue weighted by molar-refractivity contribution is 6.34. The van der Waals surface area contributed by atoms with E-state index < -0.39 is 59.4 Å². The van der Waals surface area contributed by atoms with Gasteiger partial charge in [0.25, 0.3) is 0 Å². The Morgan fingerprint density at radius 1 is 0.692 bits per heavy atom. The van der Waals surface area contributed by atoms with Gasteiger partial charge in [0.05, 0.1) is 45.2 Å². The molecule has 1 fully saturated rings. The van der Waals surface area contributed by atoms with Gasteiger partial charge in [-0.05, 0) is 40.5 Å². The van der Waals surface area contributed by atoms with Gasteiger partial charge in [0, 0.05) is 61.8 Å². The smallest absolute Gasteiger partial charge is 0.342 e. The van der Waals surface area contributed by atoms with Gasteiger partial charge in [0.2, 0.25) is 0 Å². The number of ketones is 2. The Morgan fingerprint density at radius 3 is 1.67 bits per heavy atom. The minimum atomic E-state index is -0.825. The van der Waals surface area contributed by atoms with Crippen LogP contribution in [0.3, 0.4) is 0 Å². The summed E-state index contributed by atoms with van der Waals surface area (Å²) in [6.07, 6.45) is -0.585. The zero-order valence-corrected chi connectivity index (χ0v) is 32.0. The van der Waals surface area contributed by atoms with Crippen LogP contribution in [0.1, 0.15) is 98.1 Å². The second kappa shape index (κ2) is 17.9. The average Bonchev–Trinajstić information content (AvgIpc) is 3.02. The lowest BCUT2D eigenvalue weighted by Crippen LogP contribution is -2.40. The van der Waals surface area contributed by atoms with Crippen LogP contribution in [0.25, 0.3) is 0 Å². The molecule has 0 aromatic heterocycles. The standard InChI is InChI=1S/C18H20Cl2O6.C18H22Cl2O6/c1-8-4-15-12(19)3-2-10(26-15)5-9(21)6-11-16(18(24)25-8)13(22)7-14(23)17(11)20;1-8-4-11(21)6-12-16(13(22)7-14(23)17(12)20)18(24)26-9(2)5-15(25-8)10(3)19/h7-8,10,12,15,22-23H,2-6H2,1H3;7-10,15,22-23H,4-6H2,1-3H3/t8-,10+,12-,15+;8-,9-,10+,15-/m11/s1. The van der Waals surface area contributed by atoms with Crippen molar-refractivity contribution >= 4 is 69.9 Å². The van der Waals surface area contributed by atoms with Crippen LogP contribution in [-0.2, 0) is 41.4 Å². The SMILES string of the molecule is C[C@@H]1C[C@@H]2O[C@@H](CC[C@H]2Cl)CC(=O)Cc2c(Cl)c(O)cc(O)c2C(=O)O1.C[C@@H]1C[C@H]([C@H](C)Cl)O[C@H](C)CC(=O)Cc2c(Cl)c(O)cc(O)c2C(=O)O1. The molecule has 0 unspecified atom stereocenters. The van der Waals surface area contributed by atoms with E-state index in [-0.39, 0.29) is 92.5 Å². The number of rotatable bonds is 1. The maximum absolute atomic E-state index is 12.6. The quantitative estimate of drug-likeness (QED) is 0.172. The fraction of sp³-hybridized carbons (Fsp3) is 0.556. The first-order valence-electron chi connectivity index (χ1n) is 16.9. The fourth-order valence-electron chi connectivity index (χ4n) is 6.49. The van der Waals surface area contributed by atoms with Crippen LogP contribution in [0.4, 0.5) is 0 Å². The zero-order valence-electron chi connectivity index (χ0n) is 29.0. The third-order valence-corrected chi connectivity index (χ3v) is 10.6. The van der Waals surface area contributed by atoms with Crippen molar-refractivity contribution in [3.8, 4) is 23.0 Å². The summed E-state index contributed by atoms with van der Waals surface area (Å²) in [5, 5.41) is 39.1. The highest BCUT2D eigenvalue weighted by Crippen LogP contribution is 2.40. The molecule has 16 heteroatoms. The molecular formula is C36H42Cl4O12. The number of fused-ring (bicyclic) bond motifs is 4. The number of benzene rings is 2. The van der Waals surface area contributed by atoms with Crippen LogP contribution in [0.5, 0.6) is 23.0 Å². The van der Waals surface area contributed by atoms with E-state index in [1.54, 1.807) is 27.7 Å². The van der Waals surface area contributed by atoms with Crippen LogP contribution in [0.15, 0.2) is 12.1 Å². The molecule has 0 aliphatic carbocycles. The molecule has 12 nitrogen and oxygen atoms in total. The molecule has 2 bridgehead atoms. The third-order valence-electron chi connectivity index (χ3n) is 8.97. The van der Waals surface area contributed by atoms with Crippen molar-refractivity contribution in [2.45, 2.75) is 126 Å². The van der Waals surface area contributed by atoms with Crippen molar-refractivity contribution in [3.05, 3.63) is 44.4 Å². The molecular weight excluding hydrogens is 766 g/mol. The van der Waals surface area contributed by atoms with Gasteiger partial charge in [0.15, 0.2) is 0 Å². The first-order chi connectivity index (χ1) is 24.4. The molecule has 0 amide bonds. The van der Waals surface area contributed by atoms with Crippen molar-refractivity contribution < 1.29 is 58.6 Å². The van der Waals surface area contributed by atoms with E-state index in [9.17, 15) is 39.6 Å². The van der Waals surface area contributed by atoms with Crippen molar-refractivity contribution in [3.63, 3.8) is 0 Å². The number of Topliss-reactive ketones (excluding diaryl/α,β-unsaturated/α-hetero) is 2. The Kier molecular flexibility index (Phi) is 14.4. The Balaban J connectivity index is 0.000000233. The molecule has 4 N–H and O–H groups in total. The fourth-order valence-corrected chi connectivity index (χ4v) is 7.37. The van der Waals surface area contributed by atoms with Crippen LogP contribution in [0, 0.1) is 0 Å². The molecule has 3 aliphatic heterocycles. The van der Waals surface area contributed by atoms with Crippen LogP contribution < -0.4 is 0 Å². The first kappa shape index (κ1) is 41.8. The number of aromatic hydroxyl groups is 4. The van der Waals surface area contributed by atoms with E-state index in [2.05, 4.69) is 0 Å². The molecule has 1 saturated heterocycles. The predicted octanol–water partition coefficient (Wildman–Crippen LogP) is 6.96. The number of hydrogen-bond donors (Lipinski definition) is 4. The zero-order chi connectivity index (χ0) is 38.6. The molecule has 286 valence electrons. The van der Waals surface area contributed by atoms with Gasteiger partial charge in [-0.25, -0.2) is 9.59 Å². The maximum atomic E-state index is 12.6. The van der Waals surface area contributed by atoms with E-state index >= 15 is 0 Å². The van der Waals surface area contributed by atoms with Crippen molar-refractivity contribution in [2.24, 2.45) is 0 Å². The first-order valence-corrected chi connectivity index (χ1v) is 18.5. The normalized spacial score (nSPS) is 28.1. The van der Waals surface area contributed by atoms with Gasteiger partial charge >= 0.3 is 11.9 Å². The van der Waals surface area contributed by atoms with Crippen molar-refractivity contribution in [1.82, 2.24) is 0 Å². The molecule has 0 radical (unpaired) electrons. The lowest BCUT2D eigenvalue weighted by Gasteiger charge is -2.35. The molecule has 2 aromatic carbocycles. The van der Waals surface area contributed by atoms with Crippen molar-refractivity contribution in [2.75, 3.05) is 0 Å². The van der Waals surface area contributed by atoms with Gasteiger partial charge in [-0.1, -0.05) is 23.2 Å². The van der Waals surface area contributed by atoms with Gasteiger partial charge in [0.1, 0.15) is 57.9 Å². The molecule has 2 aromatic rings. The highest BCUT2D eigenvalue weighted by Gasteiger charge is 2.35. The summed E-state index contributed by atoms with van der Waals surface area (Å²) < 4.78 is 22.6. The number of halogens is 4. The highest BCUT2D eigenvalue weighted by atomic mass is 35.5. The number of cyclic esters (lactones) is 2. The Labute approximate surface area is 321 Å². The van der Waals surface area contributed by atoms with Gasteiger partial charge < -0.3 is 39.4 Å². The molecule has 5 rings (SSSR count). The minimum Gasteiger partial charge on any atom is -0.507 e. The second-order valence-corrected chi connectivity index (χ2v) is 15.5. The summed E-state index contributed by atoms with van der Waals surface area (Å²) in [5.41, 5.74) is -0.296. The summed E-state index contributed by atoms with van der Waals surface area (Å²) in [5.74, 6) is -3.88. The second-order valence-electron chi connectivity index (χ2n) is 13.5. The topological polar surface area (TPSA) is 186 Å². The molecule has 0 spiro atoms. The van der Waals surface area contributed by atoms with Crippen molar-refractivity contribution in [1.29, 1.82) is 0 Å². The number of ether oxygens (including phenoxy) is 4. The Morgan fingerprint density at radius 2 is 1.17 bits per heavy atom. The Hall–Kier alpha value is -3.00. The number of alkyl halides is 2. The van der Waals surface area contributed by atoms with E-state index in [1.165, 1.54) is 0 Å². The summed E-state index contributed by atoms with van der Waals surface area (Å²) in [4.78, 5) is 50.0. The Bertz CT molecular complexity index is 1660. The lowest BCUT2D eigenvalue weighted by molar-refractivity contribution is -0.125. The monoisotopic (exact) mass is 806 g/mol. The van der Waals surface area contributed by atoms with E-state index in [0.29, 0.717) is 25.7 Å².